The Morgan fingerprint density at radius 3 is 2.54 bits per heavy atom. The highest BCUT2D eigenvalue weighted by molar-refractivity contribution is 5.94. The second-order valence-electron chi connectivity index (χ2n) is 5.76. The maximum Gasteiger partial charge on any atom is 0.251 e. The number of carbonyl (C=O) groups is 1. The molecule has 5 nitrogen and oxygen atoms in total. The van der Waals surface area contributed by atoms with E-state index in [0.29, 0.717) is 24.5 Å². The number of nitrogens with zero attached hydrogens (tertiary/aromatic N) is 2. The Hall–Kier alpha value is -3.15. The Morgan fingerprint density at radius 2 is 1.85 bits per heavy atom. The molecule has 1 aromatic heterocycles. The monoisotopic (exact) mass is 353 g/mol. The van der Waals surface area contributed by atoms with Crippen LogP contribution in [0.15, 0.2) is 60.8 Å². The van der Waals surface area contributed by atoms with Gasteiger partial charge in [-0.2, -0.15) is 5.10 Å². The van der Waals surface area contributed by atoms with Gasteiger partial charge in [-0.25, -0.2) is 4.39 Å². The Balaban J connectivity index is 1.53. The van der Waals surface area contributed by atoms with Crippen LogP contribution in [0.5, 0.6) is 5.75 Å². The van der Waals surface area contributed by atoms with Crippen LogP contribution in [0.3, 0.4) is 0 Å². The molecule has 0 aliphatic carbocycles. The molecule has 0 fully saturated rings. The molecule has 1 amide bonds. The van der Waals surface area contributed by atoms with Crippen LogP contribution in [0.2, 0.25) is 0 Å². The van der Waals surface area contributed by atoms with Crippen molar-refractivity contribution in [2.24, 2.45) is 0 Å². The van der Waals surface area contributed by atoms with Gasteiger partial charge in [0.05, 0.1) is 12.2 Å². The third kappa shape index (κ3) is 4.47. The number of nitrogens with one attached hydrogen (secondary N) is 1. The fraction of sp³-hybridized carbons (Fsp3) is 0.200. The maximum absolute atomic E-state index is 12.9. The van der Waals surface area contributed by atoms with Crippen LogP contribution in [-0.2, 0) is 19.7 Å². The minimum Gasteiger partial charge on any atom is -0.489 e. The molecule has 0 atom stereocenters. The van der Waals surface area contributed by atoms with Crippen molar-refractivity contribution in [2.75, 3.05) is 0 Å². The standard InChI is InChI=1S/C20H20FN3O2/c1-2-24-18(11-12-23-24)13-22-20(25)16-5-3-15(4-6-16)14-26-19-9-7-17(21)8-10-19/h3-12H,2,13-14H2,1H3,(H,22,25). The first-order valence-electron chi connectivity index (χ1n) is 8.42. The zero-order chi connectivity index (χ0) is 18.4. The van der Waals surface area contributed by atoms with E-state index >= 15 is 0 Å². The summed E-state index contributed by atoms with van der Waals surface area (Å²) in [5.74, 6) is 0.162. The van der Waals surface area contributed by atoms with Crippen LogP contribution in [-0.4, -0.2) is 15.7 Å². The van der Waals surface area contributed by atoms with Crippen LogP contribution >= 0.6 is 0 Å². The van der Waals surface area contributed by atoms with Gasteiger partial charge in [-0.05, 0) is 55.0 Å². The van der Waals surface area contributed by atoms with Crippen LogP contribution in [0.25, 0.3) is 0 Å². The smallest absolute Gasteiger partial charge is 0.251 e. The Bertz CT molecular complexity index is 858. The van der Waals surface area contributed by atoms with E-state index in [0.717, 1.165) is 17.8 Å². The van der Waals surface area contributed by atoms with Gasteiger partial charge in [0.15, 0.2) is 0 Å². The molecule has 0 unspecified atom stereocenters. The number of carbonyl (C=O) groups excluding carboxylic acids is 1. The Morgan fingerprint density at radius 1 is 1.12 bits per heavy atom. The van der Waals surface area contributed by atoms with Gasteiger partial charge in [0.2, 0.25) is 0 Å². The van der Waals surface area contributed by atoms with Gasteiger partial charge >= 0.3 is 0 Å². The predicted octanol–water partition coefficient (Wildman–Crippen LogP) is 3.55. The Kier molecular flexibility index (Phi) is 5.63. The average Bonchev–Trinajstić information content (AvgIpc) is 3.13. The van der Waals surface area contributed by atoms with Crippen LogP contribution in [0.4, 0.5) is 4.39 Å². The van der Waals surface area contributed by atoms with E-state index in [2.05, 4.69) is 10.4 Å². The second kappa shape index (κ2) is 8.29. The number of aryl methyl sites for hydroxylation is 1. The molecule has 0 saturated heterocycles. The Labute approximate surface area is 151 Å². The van der Waals surface area contributed by atoms with Crippen molar-refractivity contribution in [2.45, 2.75) is 26.6 Å². The molecule has 2 aromatic carbocycles. The largest absolute Gasteiger partial charge is 0.489 e. The van der Waals surface area contributed by atoms with Crippen molar-refractivity contribution in [3.8, 4) is 5.75 Å². The average molecular weight is 353 g/mol. The van der Waals surface area contributed by atoms with E-state index in [1.165, 1.54) is 12.1 Å². The van der Waals surface area contributed by atoms with Crippen LogP contribution in [0.1, 0.15) is 28.5 Å². The molecule has 0 radical (unpaired) electrons. The summed E-state index contributed by atoms with van der Waals surface area (Å²) in [6.07, 6.45) is 1.72. The summed E-state index contributed by atoms with van der Waals surface area (Å²) in [4.78, 5) is 12.3. The van der Waals surface area contributed by atoms with Crippen molar-refractivity contribution < 1.29 is 13.9 Å². The molecule has 0 bridgehead atoms. The number of halogens is 1. The van der Waals surface area contributed by atoms with Crippen LogP contribution < -0.4 is 10.1 Å². The van der Waals surface area contributed by atoms with Gasteiger partial charge in [0.1, 0.15) is 18.2 Å². The van der Waals surface area contributed by atoms with Crippen molar-refractivity contribution >= 4 is 5.91 Å². The first kappa shape index (κ1) is 17.7. The molecular formula is C20H20FN3O2. The molecular weight excluding hydrogens is 333 g/mol. The second-order valence-corrected chi connectivity index (χ2v) is 5.76. The summed E-state index contributed by atoms with van der Waals surface area (Å²) in [5.41, 5.74) is 2.47. The number of rotatable bonds is 7. The number of benzene rings is 2. The number of amides is 1. The lowest BCUT2D eigenvalue weighted by Gasteiger charge is -2.09. The molecule has 0 saturated carbocycles. The first-order valence-corrected chi connectivity index (χ1v) is 8.42. The minimum atomic E-state index is -0.297. The molecule has 134 valence electrons. The van der Waals surface area contributed by atoms with Gasteiger partial charge in [-0.15, -0.1) is 0 Å². The predicted molar refractivity (Wildman–Crippen MR) is 96.2 cm³/mol. The molecule has 1 heterocycles. The fourth-order valence-corrected chi connectivity index (χ4v) is 2.52. The van der Waals surface area contributed by atoms with Gasteiger partial charge in [0, 0.05) is 18.3 Å². The van der Waals surface area contributed by atoms with Crippen molar-refractivity contribution in [3.63, 3.8) is 0 Å². The SMILES string of the molecule is CCn1nccc1CNC(=O)c1ccc(COc2ccc(F)cc2)cc1. The van der Waals surface area contributed by atoms with Crippen molar-refractivity contribution in [1.82, 2.24) is 15.1 Å². The number of hydrogen-bond donors (Lipinski definition) is 1. The number of aromatic nitrogens is 2. The van der Waals surface area contributed by atoms with Gasteiger partial charge in [-0.1, -0.05) is 12.1 Å². The number of hydrogen-bond acceptors (Lipinski definition) is 3. The quantitative estimate of drug-likeness (QED) is 0.707. The fourth-order valence-electron chi connectivity index (χ4n) is 2.52. The lowest BCUT2D eigenvalue weighted by molar-refractivity contribution is 0.0950. The third-order valence-electron chi connectivity index (χ3n) is 3.97. The molecule has 3 rings (SSSR count). The normalized spacial score (nSPS) is 10.5. The maximum atomic E-state index is 12.9. The zero-order valence-corrected chi connectivity index (χ0v) is 14.5. The van der Waals surface area contributed by atoms with Gasteiger partial charge in [-0.3, -0.25) is 9.48 Å². The van der Waals surface area contributed by atoms with E-state index < -0.39 is 0 Å². The van der Waals surface area contributed by atoms with E-state index in [1.54, 1.807) is 30.5 Å². The highest BCUT2D eigenvalue weighted by atomic mass is 19.1. The molecule has 0 aliphatic heterocycles. The van der Waals surface area contributed by atoms with Gasteiger partial charge in [0.25, 0.3) is 5.91 Å². The topological polar surface area (TPSA) is 56.2 Å². The van der Waals surface area contributed by atoms with E-state index in [1.807, 2.05) is 29.8 Å². The van der Waals surface area contributed by atoms with Crippen molar-refractivity contribution in [1.29, 1.82) is 0 Å². The molecule has 0 spiro atoms. The summed E-state index contributed by atoms with van der Waals surface area (Å²) >= 11 is 0. The molecule has 1 N–H and O–H groups in total. The summed E-state index contributed by atoms with van der Waals surface area (Å²) in [6, 6.07) is 15.0. The highest BCUT2D eigenvalue weighted by Crippen LogP contribution is 2.14. The zero-order valence-electron chi connectivity index (χ0n) is 14.5. The summed E-state index contributed by atoms with van der Waals surface area (Å²) in [5, 5.41) is 7.07. The van der Waals surface area contributed by atoms with Gasteiger partial charge < -0.3 is 10.1 Å². The first-order chi connectivity index (χ1) is 12.7. The number of ether oxygens (including phenoxy) is 1. The minimum absolute atomic E-state index is 0.139. The molecule has 3 aromatic rings. The molecule has 0 aliphatic rings. The lowest BCUT2D eigenvalue weighted by Crippen LogP contribution is -2.24. The van der Waals surface area contributed by atoms with Crippen molar-refractivity contribution in [3.05, 3.63) is 83.4 Å². The summed E-state index contributed by atoms with van der Waals surface area (Å²) in [7, 11) is 0. The molecule has 26 heavy (non-hydrogen) atoms. The van der Waals surface area contributed by atoms with E-state index in [-0.39, 0.29) is 11.7 Å². The van der Waals surface area contributed by atoms with Crippen LogP contribution in [0, 0.1) is 5.82 Å². The molecule has 6 heteroatoms. The summed E-state index contributed by atoms with van der Waals surface area (Å²) in [6.45, 7) is 3.55. The highest BCUT2D eigenvalue weighted by Gasteiger charge is 2.07. The van der Waals surface area contributed by atoms with E-state index in [4.69, 9.17) is 4.74 Å². The lowest BCUT2D eigenvalue weighted by atomic mass is 10.1. The third-order valence-corrected chi connectivity index (χ3v) is 3.97. The van der Waals surface area contributed by atoms with E-state index in [9.17, 15) is 9.18 Å². The summed E-state index contributed by atoms with van der Waals surface area (Å²) < 4.78 is 20.3.